The van der Waals surface area contributed by atoms with Gasteiger partial charge in [-0.15, -0.1) is 10.2 Å². The van der Waals surface area contributed by atoms with Gasteiger partial charge in [0.05, 0.1) is 20.8 Å². The van der Waals surface area contributed by atoms with Crippen LogP contribution in [-0.2, 0) is 6.54 Å². The fourth-order valence-electron chi connectivity index (χ4n) is 2.31. The van der Waals surface area contributed by atoms with Crippen molar-refractivity contribution in [2.75, 3.05) is 27.4 Å². The molecule has 0 amide bonds. The highest BCUT2D eigenvalue weighted by atomic mass is 16.5. The highest BCUT2D eigenvalue weighted by Crippen LogP contribution is 2.22. The average Bonchev–Trinajstić information content (AvgIpc) is 3.17. The van der Waals surface area contributed by atoms with E-state index in [2.05, 4.69) is 15.5 Å². The Labute approximate surface area is 151 Å². The summed E-state index contributed by atoms with van der Waals surface area (Å²) in [5.41, 5.74) is 0.825. The second-order valence-electron chi connectivity index (χ2n) is 5.43. The summed E-state index contributed by atoms with van der Waals surface area (Å²) in [7, 11) is 3.26. The van der Waals surface area contributed by atoms with Crippen LogP contribution >= 0.6 is 0 Å². The van der Waals surface area contributed by atoms with Gasteiger partial charge in [-0.1, -0.05) is 6.07 Å². The fraction of sp³-hybridized carbons (Fsp3) is 0.263. The molecule has 2 aromatic carbocycles. The van der Waals surface area contributed by atoms with E-state index in [1.54, 1.807) is 14.2 Å². The zero-order chi connectivity index (χ0) is 18.2. The molecular formula is C19H21N3O4. The van der Waals surface area contributed by atoms with Crippen molar-refractivity contribution >= 4 is 0 Å². The number of ether oxygens (including phenoxy) is 3. The van der Waals surface area contributed by atoms with Crippen LogP contribution in [0.4, 0.5) is 0 Å². The Hall–Kier alpha value is -3.06. The van der Waals surface area contributed by atoms with Crippen LogP contribution in [-0.4, -0.2) is 37.6 Å². The third kappa shape index (κ3) is 4.73. The lowest BCUT2D eigenvalue weighted by Crippen LogP contribution is -2.20. The number of rotatable bonds is 9. The molecule has 3 aromatic rings. The van der Waals surface area contributed by atoms with Crippen LogP contribution in [0.15, 0.2) is 52.9 Å². The van der Waals surface area contributed by atoms with E-state index >= 15 is 0 Å². The number of benzene rings is 2. The van der Waals surface area contributed by atoms with E-state index in [-0.39, 0.29) is 0 Å². The normalized spacial score (nSPS) is 10.5. The van der Waals surface area contributed by atoms with Gasteiger partial charge in [0.1, 0.15) is 23.9 Å². The molecule has 0 spiro atoms. The second-order valence-corrected chi connectivity index (χ2v) is 5.43. The summed E-state index contributed by atoms with van der Waals surface area (Å²) in [5, 5.41) is 11.3. The van der Waals surface area contributed by atoms with E-state index in [1.807, 2.05) is 48.5 Å². The van der Waals surface area contributed by atoms with Crippen molar-refractivity contribution in [2.24, 2.45) is 0 Å². The molecule has 0 unspecified atom stereocenters. The van der Waals surface area contributed by atoms with E-state index in [1.165, 1.54) is 0 Å². The quantitative estimate of drug-likeness (QED) is 0.591. The third-order valence-electron chi connectivity index (χ3n) is 3.67. The molecule has 0 aliphatic carbocycles. The summed E-state index contributed by atoms with van der Waals surface area (Å²) >= 11 is 0. The molecule has 0 aliphatic rings. The molecule has 136 valence electrons. The predicted octanol–water partition coefficient (Wildman–Crippen LogP) is 2.92. The lowest BCUT2D eigenvalue weighted by molar-refractivity contribution is 0.309. The SMILES string of the molecule is COc1ccc(OCCNCc2nnc(-c3cccc(OC)c3)o2)cc1. The number of aromatic nitrogens is 2. The van der Waals surface area contributed by atoms with Gasteiger partial charge in [0.25, 0.3) is 0 Å². The first-order valence-corrected chi connectivity index (χ1v) is 8.23. The van der Waals surface area contributed by atoms with Crippen LogP contribution in [0.5, 0.6) is 17.2 Å². The molecule has 7 nitrogen and oxygen atoms in total. The van der Waals surface area contributed by atoms with E-state index in [9.17, 15) is 0 Å². The first kappa shape index (κ1) is 17.8. The minimum absolute atomic E-state index is 0.468. The van der Waals surface area contributed by atoms with Gasteiger partial charge in [0.2, 0.25) is 11.8 Å². The maximum atomic E-state index is 5.66. The van der Waals surface area contributed by atoms with Crippen molar-refractivity contribution in [3.05, 3.63) is 54.4 Å². The van der Waals surface area contributed by atoms with E-state index in [0.717, 1.165) is 22.8 Å². The average molecular weight is 355 g/mol. The van der Waals surface area contributed by atoms with Crippen molar-refractivity contribution in [1.82, 2.24) is 15.5 Å². The molecule has 0 aliphatic heterocycles. The van der Waals surface area contributed by atoms with Gasteiger partial charge < -0.3 is 23.9 Å². The van der Waals surface area contributed by atoms with Crippen molar-refractivity contribution < 1.29 is 18.6 Å². The topological polar surface area (TPSA) is 78.6 Å². The summed E-state index contributed by atoms with van der Waals surface area (Å²) in [6.45, 7) is 1.66. The maximum Gasteiger partial charge on any atom is 0.247 e. The summed E-state index contributed by atoms with van der Waals surface area (Å²) in [6, 6.07) is 15.0. The molecule has 26 heavy (non-hydrogen) atoms. The number of hydrogen-bond donors (Lipinski definition) is 1. The zero-order valence-corrected chi connectivity index (χ0v) is 14.8. The van der Waals surface area contributed by atoms with E-state index in [0.29, 0.717) is 31.5 Å². The van der Waals surface area contributed by atoms with Crippen LogP contribution in [0.1, 0.15) is 5.89 Å². The van der Waals surface area contributed by atoms with Crippen LogP contribution in [0.25, 0.3) is 11.5 Å². The largest absolute Gasteiger partial charge is 0.497 e. The minimum Gasteiger partial charge on any atom is -0.497 e. The van der Waals surface area contributed by atoms with Crippen LogP contribution in [0.2, 0.25) is 0 Å². The Kier molecular flexibility index (Phi) is 6.05. The van der Waals surface area contributed by atoms with E-state index in [4.69, 9.17) is 18.6 Å². The third-order valence-corrected chi connectivity index (χ3v) is 3.67. The molecule has 7 heteroatoms. The number of hydrogen-bond acceptors (Lipinski definition) is 7. The number of nitrogens with zero attached hydrogens (tertiary/aromatic N) is 2. The highest BCUT2D eigenvalue weighted by molar-refractivity contribution is 5.55. The molecule has 0 radical (unpaired) electrons. The molecule has 0 fully saturated rings. The Morgan fingerprint density at radius 1 is 0.923 bits per heavy atom. The summed E-state index contributed by atoms with van der Waals surface area (Å²) in [5.74, 6) is 3.34. The monoisotopic (exact) mass is 355 g/mol. The maximum absolute atomic E-state index is 5.66. The fourth-order valence-corrected chi connectivity index (χ4v) is 2.31. The summed E-state index contributed by atoms with van der Waals surface area (Å²) in [4.78, 5) is 0. The first-order chi connectivity index (χ1) is 12.8. The van der Waals surface area contributed by atoms with Crippen molar-refractivity contribution in [3.8, 4) is 28.7 Å². The summed E-state index contributed by atoms with van der Waals surface area (Å²) < 4.78 is 21.6. The standard InChI is InChI=1S/C19H21N3O4/c1-23-15-6-8-16(9-7-15)25-11-10-20-13-18-21-22-19(26-18)14-4-3-5-17(12-14)24-2/h3-9,12,20H,10-11,13H2,1-2H3. The Morgan fingerprint density at radius 2 is 1.69 bits per heavy atom. The van der Waals surface area contributed by atoms with Gasteiger partial charge in [-0.05, 0) is 42.5 Å². The summed E-state index contributed by atoms with van der Waals surface area (Å²) in [6.07, 6.45) is 0. The van der Waals surface area contributed by atoms with Crippen molar-refractivity contribution in [3.63, 3.8) is 0 Å². The Morgan fingerprint density at radius 3 is 2.46 bits per heavy atom. The van der Waals surface area contributed by atoms with Crippen LogP contribution < -0.4 is 19.5 Å². The number of methoxy groups -OCH3 is 2. The molecule has 1 N–H and O–H groups in total. The minimum atomic E-state index is 0.468. The van der Waals surface area contributed by atoms with Crippen LogP contribution in [0.3, 0.4) is 0 Å². The second kappa shape index (κ2) is 8.87. The van der Waals surface area contributed by atoms with Gasteiger partial charge >= 0.3 is 0 Å². The van der Waals surface area contributed by atoms with Crippen LogP contribution in [0, 0.1) is 0 Å². The molecule has 3 rings (SSSR count). The number of nitrogens with one attached hydrogen (secondary N) is 1. The molecule has 0 saturated carbocycles. The molecule has 0 bridgehead atoms. The molecule has 0 atom stereocenters. The first-order valence-electron chi connectivity index (χ1n) is 8.23. The Balaban J connectivity index is 1.43. The molecule has 1 aromatic heterocycles. The van der Waals surface area contributed by atoms with Crippen molar-refractivity contribution in [2.45, 2.75) is 6.54 Å². The van der Waals surface area contributed by atoms with Gasteiger partial charge in [0.15, 0.2) is 0 Å². The van der Waals surface area contributed by atoms with Gasteiger partial charge in [-0.3, -0.25) is 0 Å². The van der Waals surface area contributed by atoms with Gasteiger partial charge in [0, 0.05) is 12.1 Å². The van der Waals surface area contributed by atoms with Gasteiger partial charge in [-0.25, -0.2) is 0 Å². The smallest absolute Gasteiger partial charge is 0.247 e. The molecular weight excluding hydrogens is 334 g/mol. The Bertz CT molecular complexity index is 818. The molecule has 1 heterocycles. The predicted molar refractivity (Wildman–Crippen MR) is 96.5 cm³/mol. The lowest BCUT2D eigenvalue weighted by atomic mass is 10.2. The van der Waals surface area contributed by atoms with E-state index < -0.39 is 0 Å². The zero-order valence-electron chi connectivity index (χ0n) is 14.8. The van der Waals surface area contributed by atoms with Gasteiger partial charge in [-0.2, -0.15) is 0 Å². The lowest BCUT2D eigenvalue weighted by Gasteiger charge is -2.07. The highest BCUT2D eigenvalue weighted by Gasteiger charge is 2.09. The molecule has 0 saturated heterocycles. The van der Waals surface area contributed by atoms with Crippen molar-refractivity contribution in [1.29, 1.82) is 0 Å².